The van der Waals surface area contributed by atoms with Crippen molar-refractivity contribution in [2.75, 3.05) is 31.6 Å². The third-order valence-electron chi connectivity index (χ3n) is 3.95. The van der Waals surface area contributed by atoms with Gasteiger partial charge in [-0.05, 0) is 57.3 Å². The van der Waals surface area contributed by atoms with Crippen molar-refractivity contribution in [2.45, 2.75) is 39.0 Å². The molecule has 1 aromatic heterocycles. The summed E-state index contributed by atoms with van der Waals surface area (Å²) in [6.45, 7) is 5.55. The lowest BCUT2D eigenvalue weighted by atomic mass is 9.93. The van der Waals surface area contributed by atoms with Crippen LogP contribution < -0.4 is 10.2 Å². The van der Waals surface area contributed by atoms with Crippen LogP contribution >= 0.6 is 0 Å². The van der Waals surface area contributed by atoms with Crippen molar-refractivity contribution >= 4 is 5.82 Å². The maximum absolute atomic E-state index is 4.37. The monoisotopic (exact) mass is 262 g/mol. The van der Waals surface area contributed by atoms with E-state index < -0.39 is 0 Å². The van der Waals surface area contributed by atoms with Crippen LogP contribution in [0.25, 0.3) is 0 Å². The van der Waals surface area contributed by atoms with Gasteiger partial charge in [-0.15, -0.1) is 5.10 Å². The van der Waals surface area contributed by atoms with Crippen LogP contribution in [0.2, 0.25) is 0 Å². The number of rotatable bonds is 6. The summed E-state index contributed by atoms with van der Waals surface area (Å²) in [4.78, 5) is 2.37. The van der Waals surface area contributed by atoms with E-state index in [4.69, 9.17) is 0 Å². The van der Waals surface area contributed by atoms with Crippen LogP contribution in [-0.4, -0.2) is 36.9 Å². The van der Waals surface area contributed by atoms with Crippen molar-refractivity contribution in [3.63, 3.8) is 0 Å². The van der Waals surface area contributed by atoms with Gasteiger partial charge in [-0.3, -0.25) is 0 Å². The molecule has 1 saturated heterocycles. The average Bonchev–Trinajstić information content (AvgIpc) is 2.47. The normalized spacial score (nSPS) is 16.8. The number of piperidine rings is 1. The summed E-state index contributed by atoms with van der Waals surface area (Å²) in [7, 11) is 2.03. The molecule has 1 fully saturated rings. The molecule has 0 amide bonds. The molecule has 0 aliphatic carbocycles. The third kappa shape index (κ3) is 4.16. The van der Waals surface area contributed by atoms with Gasteiger partial charge in [-0.2, -0.15) is 5.10 Å². The summed E-state index contributed by atoms with van der Waals surface area (Å²) in [5, 5.41) is 11.9. The lowest BCUT2D eigenvalue weighted by Gasteiger charge is -2.32. The lowest BCUT2D eigenvalue weighted by Crippen LogP contribution is -2.35. The Bertz CT molecular complexity index is 355. The van der Waals surface area contributed by atoms with Crippen molar-refractivity contribution < 1.29 is 0 Å². The lowest BCUT2D eigenvalue weighted by molar-refractivity contribution is 0.376. The Kier molecular flexibility index (Phi) is 5.58. The molecule has 2 rings (SSSR count). The van der Waals surface area contributed by atoms with Gasteiger partial charge >= 0.3 is 0 Å². The molecule has 4 heteroatoms. The fourth-order valence-corrected chi connectivity index (χ4v) is 2.71. The van der Waals surface area contributed by atoms with Crippen molar-refractivity contribution in [1.29, 1.82) is 0 Å². The molecule has 0 aromatic carbocycles. The summed E-state index contributed by atoms with van der Waals surface area (Å²) in [6.07, 6.45) is 6.01. The summed E-state index contributed by atoms with van der Waals surface area (Å²) >= 11 is 0. The Balaban J connectivity index is 1.83. The van der Waals surface area contributed by atoms with Gasteiger partial charge < -0.3 is 10.2 Å². The van der Waals surface area contributed by atoms with Gasteiger partial charge in [0.1, 0.15) is 0 Å². The van der Waals surface area contributed by atoms with Crippen molar-refractivity contribution in [3.05, 3.63) is 17.8 Å². The molecule has 106 valence electrons. The Labute approximate surface area is 116 Å². The van der Waals surface area contributed by atoms with Crippen LogP contribution in [0.15, 0.2) is 12.1 Å². The van der Waals surface area contributed by atoms with Gasteiger partial charge in [-0.1, -0.05) is 13.3 Å². The van der Waals surface area contributed by atoms with E-state index in [9.17, 15) is 0 Å². The van der Waals surface area contributed by atoms with Crippen molar-refractivity contribution in [3.8, 4) is 0 Å². The Hall–Kier alpha value is -1.16. The van der Waals surface area contributed by atoms with Gasteiger partial charge in [0.05, 0.1) is 5.69 Å². The van der Waals surface area contributed by atoms with E-state index in [0.29, 0.717) is 0 Å². The second-order valence-corrected chi connectivity index (χ2v) is 5.46. The molecule has 2 heterocycles. The highest BCUT2D eigenvalue weighted by Gasteiger charge is 2.19. The summed E-state index contributed by atoms with van der Waals surface area (Å²) in [5.41, 5.74) is 1.11. The molecule has 19 heavy (non-hydrogen) atoms. The van der Waals surface area contributed by atoms with E-state index in [0.717, 1.165) is 49.9 Å². The van der Waals surface area contributed by atoms with E-state index in [1.54, 1.807) is 0 Å². The molecule has 1 aliphatic rings. The fraction of sp³-hybridized carbons (Fsp3) is 0.733. The summed E-state index contributed by atoms with van der Waals surface area (Å²) < 4.78 is 0. The van der Waals surface area contributed by atoms with Gasteiger partial charge in [0.2, 0.25) is 0 Å². The molecule has 1 N–H and O–H groups in total. The topological polar surface area (TPSA) is 41.0 Å². The highest BCUT2D eigenvalue weighted by molar-refractivity contribution is 5.37. The number of nitrogens with zero attached hydrogens (tertiary/aromatic N) is 3. The average molecular weight is 262 g/mol. The zero-order valence-corrected chi connectivity index (χ0v) is 12.2. The van der Waals surface area contributed by atoms with Gasteiger partial charge in [-0.25, -0.2) is 0 Å². The molecular formula is C15H26N4. The summed E-state index contributed by atoms with van der Waals surface area (Å²) in [6, 6.07) is 4.25. The SMILES string of the molecule is CCCc1ccc(N2CCC(CCNC)CC2)nn1. The van der Waals surface area contributed by atoms with E-state index in [2.05, 4.69) is 39.5 Å². The first kappa shape index (κ1) is 14.3. The molecule has 0 radical (unpaired) electrons. The third-order valence-corrected chi connectivity index (χ3v) is 3.95. The van der Waals surface area contributed by atoms with E-state index >= 15 is 0 Å². The molecule has 4 nitrogen and oxygen atoms in total. The van der Waals surface area contributed by atoms with Crippen LogP contribution in [0, 0.1) is 5.92 Å². The molecule has 1 aromatic rings. The Morgan fingerprint density at radius 3 is 2.63 bits per heavy atom. The highest BCUT2D eigenvalue weighted by Crippen LogP contribution is 2.23. The Morgan fingerprint density at radius 2 is 2.05 bits per heavy atom. The van der Waals surface area contributed by atoms with E-state index in [1.165, 1.54) is 19.3 Å². The number of aryl methyl sites for hydroxylation is 1. The van der Waals surface area contributed by atoms with Crippen LogP contribution in [0.1, 0.15) is 38.3 Å². The van der Waals surface area contributed by atoms with Gasteiger partial charge in [0.15, 0.2) is 5.82 Å². The number of hydrogen-bond acceptors (Lipinski definition) is 4. The molecular weight excluding hydrogens is 236 g/mol. The molecule has 0 saturated carbocycles. The van der Waals surface area contributed by atoms with Crippen molar-refractivity contribution in [2.24, 2.45) is 5.92 Å². The maximum Gasteiger partial charge on any atom is 0.151 e. The standard InChI is InChI=1S/C15H26N4/c1-3-4-14-5-6-15(18-17-14)19-11-8-13(9-12-19)7-10-16-2/h5-6,13,16H,3-4,7-12H2,1-2H3. The van der Waals surface area contributed by atoms with E-state index in [1.807, 2.05) is 7.05 Å². The first-order chi connectivity index (χ1) is 9.33. The second kappa shape index (κ2) is 7.43. The molecule has 1 aliphatic heterocycles. The smallest absolute Gasteiger partial charge is 0.151 e. The number of nitrogens with one attached hydrogen (secondary N) is 1. The van der Waals surface area contributed by atoms with Crippen molar-refractivity contribution in [1.82, 2.24) is 15.5 Å². The highest BCUT2D eigenvalue weighted by atomic mass is 15.3. The molecule has 0 unspecified atom stereocenters. The predicted octanol–water partition coefficient (Wildman–Crippen LogP) is 2.25. The van der Waals surface area contributed by atoms with Crippen LogP contribution in [0.5, 0.6) is 0 Å². The number of aromatic nitrogens is 2. The Morgan fingerprint density at radius 1 is 1.26 bits per heavy atom. The molecule has 0 atom stereocenters. The first-order valence-electron chi connectivity index (χ1n) is 7.55. The maximum atomic E-state index is 4.37. The minimum atomic E-state index is 0.871. The second-order valence-electron chi connectivity index (χ2n) is 5.46. The van der Waals surface area contributed by atoms with Gasteiger partial charge in [0.25, 0.3) is 0 Å². The van der Waals surface area contributed by atoms with Crippen LogP contribution in [0.3, 0.4) is 0 Å². The van der Waals surface area contributed by atoms with Crippen LogP contribution in [-0.2, 0) is 6.42 Å². The fourth-order valence-electron chi connectivity index (χ4n) is 2.71. The predicted molar refractivity (Wildman–Crippen MR) is 79.5 cm³/mol. The quantitative estimate of drug-likeness (QED) is 0.854. The number of anilines is 1. The van der Waals surface area contributed by atoms with E-state index in [-0.39, 0.29) is 0 Å². The summed E-state index contributed by atoms with van der Waals surface area (Å²) in [5.74, 6) is 1.92. The molecule has 0 bridgehead atoms. The minimum Gasteiger partial charge on any atom is -0.355 e. The number of hydrogen-bond donors (Lipinski definition) is 1. The molecule has 0 spiro atoms. The first-order valence-corrected chi connectivity index (χ1v) is 7.55. The zero-order chi connectivity index (χ0) is 13.5. The largest absolute Gasteiger partial charge is 0.355 e. The zero-order valence-electron chi connectivity index (χ0n) is 12.2. The van der Waals surface area contributed by atoms with Gasteiger partial charge in [0, 0.05) is 13.1 Å². The minimum absolute atomic E-state index is 0.871. The van der Waals surface area contributed by atoms with Crippen LogP contribution in [0.4, 0.5) is 5.82 Å².